The van der Waals surface area contributed by atoms with Crippen LogP contribution in [0.3, 0.4) is 0 Å². The lowest BCUT2D eigenvalue weighted by Gasteiger charge is -2.10. The van der Waals surface area contributed by atoms with Crippen molar-refractivity contribution in [3.8, 4) is 11.1 Å². The average Bonchev–Trinajstić information content (AvgIpc) is 2.58. The summed E-state index contributed by atoms with van der Waals surface area (Å²) in [5.74, 6) is -2.63. The van der Waals surface area contributed by atoms with E-state index in [-0.39, 0.29) is 0 Å². The zero-order valence-electron chi connectivity index (χ0n) is 13.5. The van der Waals surface area contributed by atoms with Crippen molar-refractivity contribution in [1.82, 2.24) is 0 Å². The fourth-order valence-electron chi connectivity index (χ4n) is 2.59. The fraction of sp³-hybridized carbons (Fsp3) is 0.0500. The minimum absolute atomic E-state index is 0.443. The van der Waals surface area contributed by atoms with E-state index in [0.717, 1.165) is 28.8 Å². The standard InChI is InChI=1S/C20H16F2N2O/c1-12-5-8-14(23)11-16(12)13-6-9-15(10-7-13)24-20(25)19-17(21)3-2-4-18(19)22/h2-11H,23H2,1H3,(H,24,25). The third-order valence-electron chi connectivity index (χ3n) is 3.91. The van der Waals surface area contributed by atoms with E-state index < -0.39 is 23.1 Å². The van der Waals surface area contributed by atoms with Crippen LogP contribution < -0.4 is 11.1 Å². The van der Waals surface area contributed by atoms with Crippen molar-refractivity contribution in [2.24, 2.45) is 0 Å². The Hall–Kier alpha value is -3.21. The number of halogens is 2. The molecule has 0 saturated carbocycles. The maximum absolute atomic E-state index is 13.7. The van der Waals surface area contributed by atoms with Gasteiger partial charge in [0.2, 0.25) is 0 Å². The van der Waals surface area contributed by atoms with Crippen molar-refractivity contribution >= 4 is 17.3 Å². The van der Waals surface area contributed by atoms with Gasteiger partial charge >= 0.3 is 0 Å². The van der Waals surface area contributed by atoms with Crippen LogP contribution in [0.1, 0.15) is 15.9 Å². The summed E-state index contributed by atoms with van der Waals surface area (Å²) in [5, 5.41) is 2.50. The molecule has 0 heterocycles. The lowest BCUT2D eigenvalue weighted by Crippen LogP contribution is -2.15. The Morgan fingerprint density at radius 1 is 0.960 bits per heavy atom. The van der Waals surface area contributed by atoms with Crippen molar-refractivity contribution in [2.45, 2.75) is 6.92 Å². The van der Waals surface area contributed by atoms with Gasteiger partial charge in [-0.1, -0.05) is 24.3 Å². The van der Waals surface area contributed by atoms with Gasteiger partial charge in [0.05, 0.1) is 0 Å². The molecule has 0 saturated heterocycles. The van der Waals surface area contributed by atoms with Crippen LogP contribution >= 0.6 is 0 Å². The predicted molar refractivity (Wildman–Crippen MR) is 95.3 cm³/mol. The second-order valence-electron chi connectivity index (χ2n) is 5.70. The number of benzene rings is 3. The zero-order chi connectivity index (χ0) is 18.0. The minimum Gasteiger partial charge on any atom is -0.399 e. The third kappa shape index (κ3) is 3.50. The van der Waals surface area contributed by atoms with Gasteiger partial charge in [-0.3, -0.25) is 4.79 Å². The van der Waals surface area contributed by atoms with E-state index in [4.69, 9.17) is 5.73 Å². The van der Waals surface area contributed by atoms with E-state index in [0.29, 0.717) is 11.4 Å². The van der Waals surface area contributed by atoms with E-state index in [1.54, 1.807) is 12.1 Å². The van der Waals surface area contributed by atoms with Crippen LogP contribution in [-0.2, 0) is 0 Å². The molecule has 0 unspecified atom stereocenters. The molecule has 0 spiro atoms. The fourth-order valence-corrected chi connectivity index (χ4v) is 2.59. The summed E-state index contributed by atoms with van der Waals surface area (Å²) in [6.07, 6.45) is 0. The first-order valence-electron chi connectivity index (χ1n) is 7.67. The molecule has 0 aliphatic carbocycles. The minimum atomic E-state index is -0.899. The van der Waals surface area contributed by atoms with Crippen molar-refractivity contribution in [1.29, 1.82) is 0 Å². The van der Waals surface area contributed by atoms with Crippen LogP contribution in [0.5, 0.6) is 0 Å². The van der Waals surface area contributed by atoms with Gasteiger partial charge in [-0.25, -0.2) is 8.78 Å². The number of anilines is 2. The summed E-state index contributed by atoms with van der Waals surface area (Å²) in [6.45, 7) is 1.98. The number of nitrogens with one attached hydrogen (secondary N) is 1. The molecule has 25 heavy (non-hydrogen) atoms. The van der Waals surface area contributed by atoms with Gasteiger partial charge < -0.3 is 11.1 Å². The van der Waals surface area contributed by atoms with Gasteiger partial charge in [-0.05, 0) is 60.0 Å². The van der Waals surface area contributed by atoms with Crippen LogP contribution in [0, 0.1) is 18.6 Å². The molecule has 3 rings (SSSR count). The van der Waals surface area contributed by atoms with Gasteiger partial charge in [-0.2, -0.15) is 0 Å². The SMILES string of the molecule is Cc1ccc(N)cc1-c1ccc(NC(=O)c2c(F)cccc2F)cc1. The number of amides is 1. The second kappa shape index (κ2) is 6.73. The Morgan fingerprint density at radius 2 is 1.60 bits per heavy atom. The molecule has 5 heteroatoms. The van der Waals surface area contributed by atoms with Crippen molar-refractivity contribution in [3.05, 3.63) is 83.4 Å². The maximum Gasteiger partial charge on any atom is 0.261 e. The highest BCUT2D eigenvalue weighted by atomic mass is 19.1. The summed E-state index contributed by atoms with van der Waals surface area (Å²) in [7, 11) is 0. The lowest BCUT2D eigenvalue weighted by molar-refractivity contribution is 0.101. The number of hydrogen-bond donors (Lipinski definition) is 2. The number of aryl methyl sites for hydroxylation is 1. The van der Waals surface area contributed by atoms with Crippen molar-refractivity contribution in [3.63, 3.8) is 0 Å². The number of hydrogen-bond acceptors (Lipinski definition) is 2. The molecule has 0 aliphatic rings. The molecule has 0 atom stereocenters. The van der Waals surface area contributed by atoms with Crippen LogP contribution in [-0.4, -0.2) is 5.91 Å². The van der Waals surface area contributed by atoms with E-state index in [9.17, 15) is 13.6 Å². The highest BCUT2D eigenvalue weighted by Crippen LogP contribution is 2.27. The first-order valence-corrected chi connectivity index (χ1v) is 7.67. The zero-order valence-corrected chi connectivity index (χ0v) is 13.5. The van der Waals surface area contributed by atoms with Crippen LogP contribution in [0.15, 0.2) is 60.7 Å². The van der Waals surface area contributed by atoms with Gasteiger partial charge in [0, 0.05) is 11.4 Å². The third-order valence-corrected chi connectivity index (χ3v) is 3.91. The van der Waals surface area contributed by atoms with E-state index >= 15 is 0 Å². The lowest BCUT2D eigenvalue weighted by atomic mass is 10.00. The Bertz CT molecular complexity index is 917. The highest BCUT2D eigenvalue weighted by molar-refractivity contribution is 6.04. The average molecular weight is 338 g/mol. The highest BCUT2D eigenvalue weighted by Gasteiger charge is 2.17. The smallest absolute Gasteiger partial charge is 0.261 e. The summed E-state index contributed by atoms with van der Waals surface area (Å²) in [6, 6.07) is 15.9. The molecule has 3 aromatic carbocycles. The largest absolute Gasteiger partial charge is 0.399 e. The Kier molecular flexibility index (Phi) is 4.48. The molecular formula is C20H16F2N2O. The first kappa shape index (κ1) is 16.6. The Balaban J connectivity index is 1.84. The van der Waals surface area contributed by atoms with Gasteiger partial charge in [0.1, 0.15) is 17.2 Å². The molecule has 3 aromatic rings. The molecule has 1 amide bonds. The molecule has 0 aromatic heterocycles. The number of rotatable bonds is 3. The van der Waals surface area contributed by atoms with Gasteiger partial charge in [0.25, 0.3) is 5.91 Å². The molecule has 3 N–H and O–H groups in total. The van der Waals surface area contributed by atoms with Crippen molar-refractivity contribution in [2.75, 3.05) is 11.1 Å². The normalized spacial score (nSPS) is 10.5. The molecule has 3 nitrogen and oxygen atoms in total. The van der Waals surface area contributed by atoms with Crippen LogP contribution in [0.25, 0.3) is 11.1 Å². The maximum atomic E-state index is 13.7. The van der Waals surface area contributed by atoms with Crippen LogP contribution in [0.2, 0.25) is 0 Å². The quantitative estimate of drug-likeness (QED) is 0.676. The predicted octanol–water partition coefficient (Wildman–Crippen LogP) is 4.77. The summed E-state index contributed by atoms with van der Waals surface area (Å²) < 4.78 is 27.3. The monoisotopic (exact) mass is 338 g/mol. The Labute approximate surface area is 144 Å². The second-order valence-corrected chi connectivity index (χ2v) is 5.70. The molecule has 0 bridgehead atoms. The van der Waals surface area contributed by atoms with Gasteiger partial charge in [-0.15, -0.1) is 0 Å². The number of carbonyl (C=O) groups excluding carboxylic acids is 1. The summed E-state index contributed by atoms with van der Waals surface area (Å²) in [5.41, 5.74) is 9.31. The van der Waals surface area contributed by atoms with E-state index in [1.807, 2.05) is 37.3 Å². The summed E-state index contributed by atoms with van der Waals surface area (Å²) in [4.78, 5) is 12.1. The molecule has 0 fully saturated rings. The number of nitrogen functional groups attached to an aromatic ring is 1. The van der Waals surface area contributed by atoms with Gasteiger partial charge in [0.15, 0.2) is 0 Å². The molecule has 0 aliphatic heterocycles. The topological polar surface area (TPSA) is 55.1 Å². The van der Waals surface area contributed by atoms with E-state index in [2.05, 4.69) is 5.32 Å². The van der Waals surface area contributed by atoms with E-state index in [1.165, 1.54) is 6.07 Å². The molecule has 0 radical (unpaired) electrons. The van der Waals surface area contributed by atoms with Crippen molar-refractivity contribution < 1.29 is 13.6 Å². The number of carbonyl (C=O) groups is 1. The molecule has 126 valence electrons. The number of nitrogens with two attached hydrogens (primary N) is 1. The summed E-state index contributed by atoms with van der Waals surface area (Å²) >= 11 is 0. The molecular weight excluding hydrogens is 322 g/mol. The first-order chi connectivity index (χ1) is 12.0. The Morgan fingerprint density at radius 3 is 2.24 bits per heavy atom. The van der Waals surface area contributed by atoms with Crippen LogP contribution in [0.4, 0.5) is 20.2 Å².